The van der Waals surface area contributed by atoms with Crippen LogP contribution in [-0.2, 0) is 4.74 Å². The maximum Gasteiger partial charge on any atom is 0.201 e. The average Bonchev–Trinajstić information content (AvgIpc) is 3.17. The molecule has 1 N–H and O–H groups in total. The Hall–Kier alpha value is -0.700. The molecule has 2 aromatic heterocycles. The smallest absolute Gasteiger partial charge is 0.201 e. The molecule has 25 heavy (non-hydrogen) atoms. The van der Waals surface area contributed by atoms with E-state index in [2.05, 4.69) is 10.3 Å². The van der Waals surface area contributed by atoms with E-state index in [1.807, 2.05) is 30.5 Å². The largest absolute Gasteiger partial charge is 0.486 e. The molecule has 2 heterocycles. The number of thiocarbonyl (C=S) groups is 1. The number of halogens is 3. The number of thiazole rings is 1. The van der Waals surface area contributed by atoms with Crippen LogP contribution in [0.1, 0.15) is 9.75 Å². The fourth-order valence-corrected chi connectivity index (χ4v) is 4.31. The fourth-order valence-electron chi connectivity index (χ4n) is 2.11. The van der Waals surface area contributed by atoms with Crippen LogP contribution in [0.15, 0.2) is 29.6 Å². The number of hydrogen-bond donors (Lipinski definition) is 1. The number of benzene rings is 1. The number of nitrogens with zero attached hydrogens (tertiary/aromatic N) is 1. The predicted molar refractivity (Wildman–Crippen MR) is 119 cm³/mol. The lowest BCUT2D eigenvalue weighted by Gasteiger charge is -2.05. The van der Waals surface area contributed by atoms with Crippen molar-refractivity contribution in [2.75, 3.05) is 12.4 Å². The van der Waals surface area contributed by atoms with Crippen LogP contribution < -0.4 is 5.32 Å². The second kappa shape index (κ2) is 8.79. The number of nitrogens with one attached hydrogen (secondary N) is 1. The number of methoxy groups -OCH3 is 1. The van der Waals surface area contributed by atoms with Gasteiger partial charge in [-0.15, -0.1) is 39.7 Å². The van der Waals surface area contributed by atoms with Crippen LogP contribution in [-0.4, -0.2) is 17.1 Å². The second-order valence-corrected chi connectivity index (χ2v) is 8.11. The van der Waals surface area contributed by atoms with Crippen LogP contribution >= 0.6 is 75.1 Å². The first-order chi connectivity index (χ1) is 11.5. The zero-order chi connectivity index (χ0) is 17.3. The highest BCUT2D eigenvalue weighted by Crippen LogP contribution is 2.36. The minimum atomic E-state index is 0. The summed E-state index contributed by atoms with van der Waals surface area (Å²) in [6.45, 7) is 2.04. The summed E-state index contributed by atoms with van der Waals surface area (Å²) < 4.78 is 5.13. The third-order valence-corrected chi connectivity index (χ3v) is 6.42. The lowest BCUT2D eigenvalue weighted by atomic mass is 10.2. The maximum atomic E-state index is 6.20. The zero-order valence-electron chi connectivity index (χ0n) is 13.1. The Morgan fingerprint density at radius 3 is 2.80 bits per heavy atom. The van der Waals surface area contributed by atoms with Gasteiger partial charge in [-0.1, -0.05) is 29.3 Å². The third kappa shape index (κ3) is 4.53. The molecule has 3 nitrogen and oxygen atoms in total. The zero-order valence-corrected chi connectivity index (χ0v) is 18.8. The first-order valence-electron chi connectivity index (χ1n) is 6.85. The van der Waals surface area contributed by atoms with Crippen molar-refractivity contribution in [3.05, 3.63) is 49.4 Å². The Bertz CT molecular complexity index is 911. The quantitative estimate of drug-likeness (QED) is 0.390. The van der Waals surface area contributed by atoms with Crippen molar-refractivity contribution in [3.63, 3.8) is 0 Å². The molecule has 0 saturated heterocycles. The van der Waals surface area contributed by atoms with Crippen LogP contribution in [0, 0.1) is 6.92 Å². The minimum absolute atomic E-state index is 0. The number of aromatic nitrogens is 1. The number of anilines is 2. The van der Waals surface area contributed by atoms with E-state index in [9.17, 15) is 0 Å². The van der Waals surface area contributed by atoms with Gasteiger partial charge in [0.1, 0.15) is 0 Å². The standard InChI is InChI=1S/C16H12Cl2N2OS3.BrH/c1-8-9(6-13(24-8)15(22)21-2)12-7-23-16(20-12)19-11-5-3-4-10(17)14(11)18;/h3-7H,1-2H3,(H,19,20);1H. The van der Waals surface area contributed by atoms with Crippen LogP contribution in [0.3, 0.4) is 0 Å². The molecule has 0 radical (unpaired) electrons. The normalized spacial score (nSPS) is 10.2. The Morgan fingerprint density at radius 2 is 2.08 bits per heavy atom. The van der Waals surface area contributed by atoms with Crippen LogP contribution in [0.5, 0.6) is 0 Å². The van der Waals surface area contributed by atoms with E-state index in [4.69, 9.17) is 40.2 Å². The van der Waals surface area contributed by atoms with Crippen LogP contribution in [0.4, 0.5) is 10.8 Å². The topological polar surface area (TPSA) is 34.1 Å². The van der Waals surface area contributed by atoms with Gasteiger partial charge in [0.25, 0.3) is 0 Å². The molecule has 132 valence electrons. The number of ether oxygens (including phenoxy) is 1. The molecular formula is C16H13BrCl2N2OS3. The Kier molecular flexibility index (Phi) is 7.25. The molecule has 3 aromatic rings. The highest BCUT2D eigenvalue weighted by Gasteiger charge is 2.14. The van der Waals surface area contributed by atoms with Gasteiger partial charge in [-0.05, 0) is 37.3 Å². The number of hydrogen-bond acceptors (Lipinski definition) is 6. The Labute approximate surface area is 179 Å². The van der Waals surface area contributed by atoms with Gasteiger partial charge in [0.2, 0.25) is 5.05 Å². The van der Waals surface area contributed by atoms with Crippen molar-refractivity contribution in [2.45, 2.75) is 6.92 Å². The number of aryl methyl sites for hydroxylation is 1. The van der Waals surface area contributed by atoms with E-state index in [-0.39, 0.29) is 17.0 Å². The van der Waals surface area contributed by atoms with Crippen molar-refractivity contribution < 1.29 is 4.74 Å². The van der Waals surface area contributed by atoms with Gasteiger partial charge >= 0.3 is 0 Å². The molecule has 0 bridgehead atoms. The summed E-state index contributed by atoms with van der Waals surface area (Å²) in [7, 11) is 1.58. The second-order valence-electron chi connectivity index (χ2n) is 4.84. The summed E-state index contributed by atoms with van der Waals surface area (Å²) in [4.78, 5) is 6.71. The van der Waals surface area contributed by atoms with Crippen LogP contribution in [0.25, 0.3) is 11.3 Å². The number of thiophene rings is 1. The minimum Gasteiger partial charge on any atom is -0.486 e. The molecule has 9 heteroatoms. The van der Waals surface area contributed by atoms with Gasteiger partial charge < -0.3 is 10.1 Å². The van der Waals surface area contributed by atoms with Crippen molar-refractivity contribution in [2.24, 2.45) is 0 Å². The molecule has 3 rings (SSSR count). The first kappa shape index (κ1) is 20.6. The molecule has 0 saturated carbocycles. The molecule has 1 aromatic carbocycles. The lowest BCUT2D eigenvalue weighted by Crippen LogP contribution is -1.95. The molecule has 0 unspecified atom stereocenters. The van der Waals surface area contributed by atoms with E-state index >= 15 is 0 Å². The summed E-state index contributed by atoms with van der Waals surface area (Å²) >= 11 is 20.5. The van der Waals surface area contributed by atoms with E-state index in [0.29, 0.717) is 15.1 Å². The van der Waals surface area contributed by atoms with Crippen molar-refractivity contribution in [3.8, 4) is 11.3 Å². The summed E-state index contributed by atoms with van der Waals surface area (Å²) in [6, 6.07) is 7.46. The van der Waals surface area contributed by atoms with E-state index in [1.54, 1.807) is 24.5 Å². The van der Waals surface area contributed by atoms with Crippen molar-refractivity contribution in [1.29, 1.82) is 0 Å². The molecule has 0 aliphatic heterocycles. The van der Waals surface area contributed by atoms with Gasteiger partial charge in [-0.25, -0.2) is 4.98 Å². The molecule has 0 fully saturated rings. The van der Waals surface area contributed by atoms with Gasteiger partial charge in [-0.2, -0.15) is 0 Å². The van der Waals surface area contributed by atoms with E-state index in [0.717, 1.165) is 31.8 Å². The highest BCUT2D eigenvalue weighted by molar-refractivity contribution is 8.93. The van der Waals surface area contributed by atoms with Crippen molar-refractivity contribution >= 4 is 90.9 Å². The predicted octanol–water partition coefficient (Wildman–Crippen LogP) is 7.13. The van der Waals surface area contributed by atoms with Crippen molar-refractivity contribution in [1.82, 2.24) is 4.98 Å². The molecule has 0 aliphatic rings. The third-order valence-electron chi connectivity index (χ3n) is 3.28. The summed E-state index contributed by atoms with van der Waals surface area (Å²) in [5, 5.41) is 7.43. The van der Waals surface area contributed by atoms with Gasteiger partial charge in [0.05, 0.1) is 33.4 Å². The SMILES string of the molecule is Br.COC(=S)c1cc(-c2csc(Nc3cccc(Cl)c3Cl)n2)c(C)s1. The fraction of sp³-hybridized carbons (Fsp3) is 0.125. The Balaban J connectivity index is 0.00000225. The van der Waals surface area contributed by atoms with E-state index < -0.39 is 0 Å². The van der Waals surface area contributed by atoms with Gasteiger partial charge in [-0.3, -0.25) is 0 Å². The first-order valence-corrected chi connectivity index (χ1v) is 9.71. The molecule has 0 atom stereocenters. The molecule has 0 amide bonds. The summed E-state index contributed by atoms with van der Waals surface area (Å²) in [5.74, 6) is 0. The number of rotatable bonds is 4. The molecule has 0 spiro atoms. The Morgan fingerprint density at radius 1 is 1.32 bits per heavy atom. The van der Waals surface area contributed by atoms with E-state index in [1.165, 1.54) is 11.3 Å². The van der Waals surface area contributed by atoms with Crippen LogP contribution in [0.2, 0.25) is 10.0 Å². The average molecular weight is 496 g/mol. The monoisotopic (exact) mass is 494 g/mol. The maximum absolute atomic E-state index is 6.20. The summed E-state index contributed by atoms with van der Waals surface area (Å²) in [5.41, 5.74) is 2.67. The molecular weight excluding hydrogens is 483 g/mol. The van der Waals surface area contributed by atoms with Gasteiger partial charge in [0, 0.05) is 15.8 Å². The summed E-state index contributed by atoms with van der Waals surface area (Å²) in [6.07, 6.45) is 0. The lowest BCUT2D eigenvalue weighted by molar-refractivity contribution is 0.417. The molecule has 0 aliphatic carbocycles. The van der Waals surface area contributed by atoms with Gasteiger partial charge in [0.15, 0.2) is 5.13 Å². The highest BCUT2D eigenvalue weighted by atomic mass is 79.9.